The quantitative estimate of drug-likeness (QED) is 0.741. The second-order valence-corrected chi connectivity index (χ2v) is 2.98. The molecule has 70 valence electrons. The molecular formula is C6H7BrN4O2. The van der Waals surface area contributed by atoms with Gasteiger partial charge < -0.3 is 0 Å². The Balaban J connectivity index is 2.73. The number of hydrogen-bond donors (Lipinski definition) is 2. The molecule has 13 heavy (non-hydrogen) atoms. The fourth-order valence-electron chi connectivity index (χ4n) is 0.738. The number of carbonyl (C=O) groups excluding carboxylic acids is 2. The van der Waals surface area contributed by atoms with E-state index in [9.17, 15) is 9.59 Å². The van der Waals surface area contributed by atoms with Gasteiger partial charge >= 0.3 is 6.03 Å². The van der Waals surface area contributed by atoms with Gasteiger partial charge in [0.1, 0.15) is 10.4 Å². The van der Waals surface area contributed by atoms with Crippen LogP contribution in [-0.4, -0.2) is 22.1 Å². The van der Waals surface area contributed by atoms with Crippen molar-refractivity contribution < 1.29 is 9.59 Å². The molecule has 0 atom stereocenters. The van der Waals surface area contributed by atoms with Gasteiger partial charge in [0, 0.05) is 0 Å². The summed E-state index contributed by atoms with van der Waals surface area (Å²) in [5.41, 5.74) is 2.39. The average molecular weight is 247 g/mol. The Morgan fingerprint density at radius 1 is 1.77 bits per heavy atom. The summed E-state index contributed by atoms with van der Waals surface area (Å²) in [5.74, 6) is 0.605. The third-order valence-corrected chi connectivity index (χ3v) is 1.86. The summed E-state index contributed by atoms with van der Waals surface area (Å²) in [7, 11) is 0. The van der Waals surface area contributed by atoms with Crippen LogP contribution in [0.1, 0.15) is 5.82 Å². The van der Waals surface area contributed by atoms with Crippen molar-refractivity contribution >= 4 is 28.4 Å². The second-order valence-electron chi connectivity index (χ2n) is 2.17. The molecule has 0 bridgehead atoms. The second kappa shape index (κ2) is 4.04. The first-order valence-corrected chi connectivity index (χ1v) is 4.15. The van der Waals surface area contributed by atoms with E-state index in [4.69, 9.17) is 0 Å². The molecule has 6 nitrogen and oxygen atoms in total. The molecule has 0 aromatic carbocycles. The van der Waals surface area contributed by atoms with Gasteiger partial charge in [-0.3, -0.25) is 10.1 Å². The molecule has 0 aliphatic heterocycles. The molecule has 1 aromatic rings. The third-order valence-electron chi connectivity index (χ3n) is 1.30. The Morgan fingerprint density at radius 3 is 2.92 bits per heavy atom. The van der Waals surface area contributed by atoms with E-state index in [1.807, 2.05) is 5.32 Å². The van der Waals surface area contributed by atoms with Crippen LogP contribution in [0, 0.1) is 6.92 Å². The van der Waals surface area contributed by atoms with Gasteiger partial charge in [0.15, 0.2) is 0 Å². The topological polar surface area (TPSA) is 76.0 Å². The predicted octanol–water partition coefficient (Wildman–Crippen LogP) is 0.364. The Kier molecular flexibility index (Phi) is 3.02. The highest BCUT2D eigenvalue weighted by atomic mass is 79.9. The number of halogens is 1. The highest BCUT2D eigenvalue weighted by molar-refractivity contribution is 9.10. The summed E-state index contributed by atoms with van der Waals surface area (Å²) in [4.78, 5) is 24.7. The molecule has 1 rings (SSSR count). The number of nitrogens with zero attached hydrogens (tertiary/aromatic N) is 2. The fraction of sp³-hybridized carbons (Fsp3) is 0.167. The van der Waals surface area contributed by atoms with E-state index in [2.05, 4.69) is 26.3 Å². The number of imidazole rings is 1. The van der Waals surface area contributed by atoms with Crippen molar-refractivity contribution in [3.63, 3.8) is 0 Å². The first kappa shape index (κ1) is 9.72. The highest BCUT2D eigenvalue weighted by Gasteiger charge is 2.06. The van der Waals surface area contributed by atoms with Gasteiger partial charge in [0.2, 0.25) is 6.41 Å². The van der Waals surface area contributed by atoms with Crippen LogP contribution in [-0.2, 0) is 4.79 Å². The van der Waals surface area contributed by atoms with E-state index in [0.717, 1.165) is 0 Å². The minimum absolute atomic E-state index is 0.301. The van der Waals surface area contributed by atoms with E-state index in [0.29, 0.717) is 16.8 Å². The average Bonchev–Trinajstić information content (AvgIpc) is 2.36. The SMILES string of the molecule is Cc1ncc(Br)n1NC(=O)NC=O. The van der Waals surface area contributed by atoms with E-state index in [1.165, 1.54) is 10.9 Å². The summed E-state index contributed by atoms with van der Waals surface area (Å²) in [6, 6.07) is -0.614. The normalized spacial score (nSPS) is 9.38. The van der Waals surface area contributed by atoms with Crippen molar-refractivity contribution in [1.82, 2.24) is 15.0 Å². The highest BCUT2D eigenvalue weighted by Crippen LogP contribution is 2.08. The van der Waals surface area contributed by atoms with Gasteiger partial charge in [0.05, 0.1) is 6.20 Å². The van der Waals surface area contributed by atoms with Crippen LogP contribution in [0.4, 0.5) is 4.79 Å². The minimum Gasteiger partial charge on any atom is -0.279 e. The van der Waals surface area contributed by atoms with E-state index in [1.54, 1.807) is 6.92 Å². The van der Waals surface area contributed by atoms with Gasteiger partial charge in [-0.2, -0.15) is 0 Å². The van der Waals surface area contributed by atoms with Gasteiger partial charge in [-0.25, -0.2) is 19.9 Å². The van der Waals surface area contributed by atoms with Crippen LogP contribution in [0.25, 0.3) is 0 Å². The van der Waals surface area contributed by atoms with Crippen LogP contribution in [0.5, 0.6) is 0 Å². The molecule has 0 aliphatic rings. The molecular weight excluding hydrogens is 240 g/mol. The molecule has 0 aliphatic carbocycles. The summed E-state index contributed by atoms with van der Waals surface area (Å²) >= 11 is 3.17. The van der Waals surface area contributed by atoms with Crippen molar-refractivity contribution in [3.05, 3.63) is 16.6 Å². The molecule has 0 unspecified atom stereocenters. The zero-order chi connectivity index (χ0) is 9.84. The molecule has 0 spiro atoms. The molecule has 7 heteroatoms. The van der Waals surface area contributed by atoms with Crippen molar-refractivity contribution in [2.24, 2.45) is 0 Å². The maximum absolute atomic E-state index is 10.9. The lowest BCUT2D eigenvalue weighted by atomic mass is 10.7. The number of urea groups is 1. The van der Waals surface area contributed by atoms with Crippen LogP contribution in [0.3, 0.4) is 0 Å². The monoisotopic (exact) mass is 246 g/mol. The van der Waals surface area contributed by atoms with Gasteiger partial charge in [-0.05, 0) is 22.9 Å². The molecule has 1 aromatic heterocycles. The number of hydrogen-bond acceptors (Lipinski definition) is 3. The van der Waals surface area contributed by atoms with Crippen molar-refractivity contribution in [2.75, 3.05) is 5.43 Å². The summed E-state index contributed by atoms with van der Waals surface area (Å²) in [6.45, 7) is 1.71. The standard InChI is InChI=1S/C6H7BrN4O2/c1-4-8-2-5(7)11(4)10-6(13)9-3-12/h2-3H,1H3,(H2,9,10,12,13). The van der Waals surface area contributed by atoms with Crippen molar-refractivity contribution in [3.8, 4) is 0 Å². The number of nitrogens with one attached hydrogen (secondary N) is 2. The number of rotatable bonds is 2. The number of imide groups is 1. The van der Waals surface area contributed by atoms with Crippen molar-refractivity contribution in [1.29, 1.82) is 0 Å². The maximum Gasteiger partial charge on any atom is 0.340 e. The number of aryl methyl sites for hydroxylation is 1. The molecule has 0 saturated heterocycles. The van der Waals surface area contributed by atoms with Crippen LogP contribution in [0.2, 0.25) is 0 Å². The first-order chi connectivity index (χ1) is 6.15. The van der Waals surface area contributed by atoms with Gasteiger partial charge in [0.25, 0.3) is 0 Å². The molecule has 0 fully saturated rings. The molecule has 0 saturated carbocycles. The van der Waals surface area contributed by atoms with Gasteiger partial charge in [-0.15, -0.1) is 0 Å². The third kappa shape index (κ3) is 2.28. The molecule has 0 radical (unpaired) electrons. The number of amides is 3. The molecule has 1 heterocycles. The zero-order valence-electron chi connectivity index (χ0n) is 6.74. The lowest BCUT2D eigenvalue weighted by molar-refractivity contribution is -0.108. The van der Waals surface area contributed by atoms with Crippen LogP contribution >= 0.6 is 15.9 Å². The number of aromatic nitrogens is 2. The van der Waals surface area contributed by atoms with Gasteiger partial charge in [-0.1, -0.05) is 0 Å². The largest absolute Gasteiger partial charge is 0.340 e. The zero-order valence-corrected chi connectivity index (χ0v) is 8.33. The first-order valence-electron chi connectivity index (χ1n) is 3.36. The Labute approximate surface area is 82.4 Å². The number of carbonyl (C=O) groups is 2. The van der Waals surface area contributed by atoms with E-state index in [-0.39, 0.29) is 0 Å². The molecule has 3 amide bonds. The summed E-state index contributed by atoms with van der Waals surface area (Å²) in [6.07, 6.45) is 1.84. The Morgan fingerprint density at radius 2 is 2.46 bits per heavy atom. The van der Waals surface area contributed by atoms with E-state index >= 15 is 0 Å². The molecule has 2 N–H and O–H groups in total. The predicted molar refractivity (Wildman–Crippen MR) is 48.6 cm³/mol. The summed E-state index contributed by atoms with van der Waals surface area (Å²) in [5, 5.41) is 1.94. The Hall–Kier alpha value is -1.37. The lowest BCUT2D eigenvalue weighted by Crippen LogP contribution is -2.33. The fourth-order valence-corrected chi connectivity index (χ4v) is 1.19. The smallest absolute Gasteiger partial charge is 0.279 e. The lowest BCUT2D eigenvalue weighted by Gasteiger charge is -2.06. The van der Waals surface area contributed by atoms with E-state index < -0.39 is 6.03 Å². The van der Waals surface area contributed by atoms with Crippen molar-refractivity contribution in [2.45, 2.75) is 6.92 Å². The Bertz CT molecular complexity index is 316. The minimum atomic E-state index is -0.614. The maximum atomic E-state index is 10.9. The summed E-state index contributed by atoms with van der Waals surface area (Å²) < 4.78 is 2.00. The van der Waals surface area contributed by atoms with Crippen LogP contribution in [0.15, 0.2) is 10.8 Å². The van der Waals surface area contributed by atoms with Crippen LogP contribution < -0.4 is 10.7 Å².